The lowest BCUT2D eigenvalue weighted by Crippen LogP contribution is -2.32. The highest BCUT2D eigenvalue weighted by atomic mass is 16.5. The van der Waals surface area contributed by atoms with E-state index >= 15 is 0 Å². The minimum Gasteiger partial charge on any atom is -0.461 e. The van der Waals surface area contributed by atoms with Crippen molar-refractivity contribution in [2.75, 3.05) is 13.2 Å². The Labute approximate surface area is 197 Å². The van der Waals surface area contributed by atoms with Gasteiger partial charge in [-0.1, -0.05) is 74.0 Å². The van der Waals surface area contributed by atoms with Gasteiger partial charge in [0.15, 0.2) is 0 Å². The zero-order chi connectivity index (χ0) is 23.8. The summed E-state index contributed by atoms with van der Waals surface area (Å²) in [6.07, 6.45) is 1.92. The number of unbranched alkanes of at least 4 members (excludes halogenated alkanes) is 1. The number of nitrogens with zero attached hydrogens (tertiary/aromatic N) is 2. The lowest BCUT2D eigenvalue weighted by atomic mass is 10.1. The Hall–Kier alpha value is -3.34. The van der Waals surface area contributed by atoms with E-state index in [2.05, 4.69) is 6.92 Å². The number of hydrogen-bond acceptors (Lipinski definition) is 3. The summed E-state index contributed by atoms with van der Waals surface area (Å²) in [5.74, 6) is -0.434. The molecule has 0 aliphatic rings. The third kappa shape index (κ3) is 5.72. The average Bonchev–Trinajstić information content (AvgIpc) is 3.06. The van der Waals surface area contributed by atoms with Crippen LogP contribution in [0.5, 0.6) is 0 Å². The van der Waals surface area contributed by atoms with Crippen molar-refractivity contribution in [1.29, 1.82) is 0 Å². The lowest BCUT2D eigenvalue weighted by molar-refractivity contribution is 0.0513. The first-order chi connectivity index (χ1) is 16.0. The van der Waals surface area contributed by atoms with Gasteiger partial charge in [0.1, 0.15) is 5.69 Å². The van der Waals surface area contributed by atoms with Crippen LogP contribution in [0.2, 0.25) is 0 Å². The quantitative estimate of drug-likeness (QED) is 0.371. The highest BCUT2D eigenvalue weighted by molar-refractivity contribution is 6.01. The Balaban J connectivity index is 2.04. The normalized spacial score (nSPS) is 10.8. The number of hydrogen-bond donors (Lipinski definition) is 0. The van der Waals surface area contributed by atoms with Crippen molar-refractivity contribution >= 4 is 11.9 Å². The van der Waals surface area contributed by atoms with Gasteiger partial charge in [-0.3, -0.25) is 4.79 Å². The third-order valence-electron chi connectivity index (χ3n) is 5.92. The lowest BCUT2D eigenvalue weighted by Gasteiger charge is -2.23. The molecule has 3 rings (SSSR count). The highest BCUT2D eigenvalue weighted by Crippen LogP contribution is 2.27. The standard InChI is InChI=1S/C28H34N2O3/c1-5-7-18-29(19-23-14-10-8-11-15-23)27(31)25-21(3)26(28(32)33-6-2)30(22(25)4)20-24-16-12-9-13-17-24/h8-17H,5-7,18-20H2,1-4H3. The van der Waals surface area contributed by atoms with Gasteiger partial charge in [-0.25, -0.2) is 4.79 Å². The third-order valence-corrected chi connectivity index (χ3v) is 5.92. The second-order valence-corrected chi connectivity index (χ2v) is 8.29. The fourth-order valence-electron chi connectivity index (χ4n) is 4.20. The molecule has 1 aromatic heterocycles. The van der Waals surface area contributed by atoms with Gasteiger partial charge in [0, 0.05) is 25.3 Å². The van der Waals surface area contributed by atoms with Crippen LogP contribution < -0.4 is 0 Å². The van der Waals surface area contributed by atoms with E-state index in [9.17, 15) is 9.59 Å². The van der Waals surface area contributed by atoms with E-state index < -0.39 is 5.97 Å². The molecule has 1 heterocycles. The van der Waals surface area contributed by atoms with Crippen molar-refractivity contribution in [2.45, 2.75) is 53.6 Å². The van der Waals surface area contributed by atoms with E-state index in [1.807, 2.05) is 84.0 Å². The molecule has 1 amide bonds. The van der Waals surface area contributed by atoms with Crippen LogP contribution in [0.4, 0.5) is 0 Å². The molecule has 33 heavy (non-hydrogen) atoms. The highest BCUT2D eigenvalue weighted by Gasteiger charge is 2.29. The van der Waals surface area contributed by atoms with E-state index in [4.69, 9.17) is 4.74 Å². The molecule has 0 aliphatic heterocycles. The molecular weight excluding hydrogens is 412 g/mol. The van der Waals surface area contributed by atoms with Gasteiger partial charge in [-0.05, 0) is 43.9 Å². The summed E-state index contributed by atoms with van der Waals surface area (Å²) in [5, 5.41) is 0. The Morgan fingerprint density at radius 2 is 1.52 bits per heavy atom. The van der Waals surface area contributed by atoms with Gasteiger partial charge in [0.05, 0.1) is 12.2 Å². The second-order valence-electron chi connectivity index (χ2n) is 8.29. The smallest absolute Gasteiger partial charge is 0.355 e. The summed E-state index contributed by atoms with van der Waals surface area (Å²) in [6, 6.07) is 20.0. The maximum absolute atomic E-state index is 13.9. The van der Waals surface area contributed by atoms with Crippen molar-refractivity contribution in [3.63, 3.8) is 0 Å². The number of benzene rings is 2. The number of ether oxygens (including phenoxy) is 1. The van der Waals surface area contributed by atoms with E-state index in [1.54, 1.807) is 6.92 Å². The maximum atomic E-state index is 13.9. The Bertz CT molecular complexity index is 1070. The monoisotopic (exact) mass is 446 g/mol. The molecular formula is C28H34N2O3. The van der Waals surface area contributed by atoms with Crippen LogP contribution in [-0.2, 0) is 17.8 Å². The SMILES string of the molecule is CCCCN(Cc1ccccc1)C(=O)c1c(C)c(C(=O)OCC)n(Cc2ccccc2)c1C. The first kappa shape index (κ1) is 24.3. The predicted octanol–water partition coefficient (Wildman–Crippen LogP) is 5.77. The first-order valence-electron chi connectivity index (χ1n) is 11.7. The molecule has 0 radical (unpaired) electrons. The van der Waals surface area contributed by atoms with Gasteiger partial charge in [-0.2, -0.15) is 0 Å². The van der Waals surface area contributed by atoms with Crippen LogP contribution in [0.25, 0.3) is 0 Å². The maximum Gasteiger partial charge on any atom is 0.355 e. The van der Waals surface area contributed by atoms with Gasteiger partial charge in [0.25, 0.3) is 5.91 Å². The summed E-state index contributed by atoms with van der Waals surface area (Å²) in [4.78, 5) is 28.7. The van der Waals surface area contributed by atoms with Crippen molar-refractivity contribution in [3.05, 3.63) is 94.3 Å². The van der Waals surface area contributed by atoms with Crippen LogP contribution in [0.1, 0.15) is 69.9 Å². The fraction of sp³-hybridized carbons (Fsp3) is 0.357. The van der Waals surface area contributed by atoms with E-state index in [0.29, 0.717) is 36.5 Å². The predicted molar refractivity (Wildman–Crippen MR) is 131 cm³/mol. The second kappa shape index (κ2) is 11.5. The first-order valence-corrected chi connectivity index (χ1v) is 11.7. The number of rotatable bonds is 10. The largest absolute Gasteiger partial charge is 0.461 e. The molecule has 5 nitrogen and oxygen atoms in total. The van der Waals surface area contributed by atoms with Crippen molar-refractivity contribution in [2.24, 2.45) is 0 Å². The summed E-state index contributed by atoms with van der Waals surface area (Å²) < 4.78 is 7.30. The molecule has 0 bridgehead atoms. The number of carbonyl (C=O) groups is 2. The molecule has 0 atom stereocenters. The molecule has 0 saturated heterocycles. The molecule has 5 heteroatoms. The summed E-state index contributed by atoms with van der Waals surface area (Å²) >= 11 is 0. The Kier molecular flexibility index (Phi) is 8.47. The van der Waals surface area contributed by atoms with Crippen LogP contribution in [0.15, 0.2) is 60.7 Å². The zero-order valence-electron chi connectivity index (χ0n) is 20.1. The summed E-state index contributed by atoms with van der Waals surface area (Å²) in [6.45, 7) is 9.69. The summed E-state index contributed by atoms with van der Waals surface area (Å²) in [5.41, 5.74) is 4.68. The van der Waals surface area contributed by atoms with Gasteiger partial charge in [-0.15, -0.1) is 0 Å². The number of carbonyl (C=O) groups excluding carboxylic acids is 2. The Morgan fingerprint density at radius 3 is 2.09 bits per heavy atom. The number of esters is 1. The molecule has 0 unspecified atom stereocenters. The van der Waals surface area contributed by atoms with Crippen LogP contribution >= 0.6 is 0 Å². The molecule has 0 aliphatic carbocycles. The van der Waals surface area contributed by atoms with Crippen molar-refractivity contribution < 1.29 is 14.3 Å². The molecule has 2 aromatic carbocycles. The molecule has 0 saturated carbocycles. The number of aromatic nitrogens is 1. The van der Waals surface area contributed by atoms with E-state index in [-0.39, 0.29) is 12.5 Å². The summed E-state index contributed by atoms with van der Waals surface area (Å²) in [7, 11) is 0. The Morgan fingerprint density at radius 1 is 0.909 bits per heavy atom. The average molecular weight is 447 g/mol. The topological polar surface area (TPSA) is 51.5 Å². The molecule has 0 N–H and O–H groups in total. The molecule has 3 aromatic rings. The molecule has 0 spiro atoms. The molecule has 0 fully saturated rings. The van der Waals surface area contributed by atoms with Crippen LogP contribution in [0.3, 0.4) is 0 Å². The zero-order valence-corrected chi connectivity index (χ0v) is 20.1. The van der Waals surface area contributed by atoms with Crippen molar-refractivity contribution in [1.82, 2.24) is 9.47 Å². The van der Waals surface area contributed by atoms with E-state index in [1.165, 1.54) is 0 Å². The number of amides is 1. The van der Waals surface area contributed by atoms with Crippen LogP contribution in [-0.4, -0.2) is 34.5 Å². The minimum atomic E-state index is -0.392. The fourth-order valence-corrected chi connectivity index (χ4v) is 4.20. The minimum absolute atomic E-state index is 0.0420. The van der Waals surface area contributed by atoms with Gasteiger partial charge < -0.3 is 14.2 Å². The van der Waals surface area contributed by atoms with Crippen LogP contribution in [0, 0.1) is 13.8 Å². The van der Waals surface area contributed by atoms with Crippen molar-refractivity contribution in [3.8, 4) is 0 Å². The van der Waals surface area contributed by atoms with E-state index in [0.717, 1.165) is 29.7 Å². The van der Waals surface area contributed by atoms with Gasteiger partial charge >= 0.3 is 5.97 Å². The molecule has 174 valence electrons. The van der Waals surface area contributed by atoms with Gasteiger partial charge in [0.2, 0.25) is 0 Å².